The van der Waals surface area contributed by atoms with Gasteiger partial charge in [-0.05, 0) is 23.8 Å². The maximum Gasteiger partial charge on any atom is 0.268 e. The molecule has 29 heavy (non-hydrogen) atoms. The van der Waals surface area contributed by atoms with Crippen LogP contribution in [0.15, 0.2) is 30.3 Å². The predicted octanol–water partition coefficient (Wildman–Crippen LogP) is 1.29. The molecule has 0 saturated carbocycles. The van der Waals surface area contributed by atoms with Crippen molar-refractivity contribution in [1.29, 1.82) is 0 Å². The van der Waals surface area contributed by atoms with E-state index in [9.17, 15) is 19.5 Å². The van der Waals surface area contributed by atoms with Gasteiger partial charge < -0.3 is 15.7 Å². The Morgan fingerprint density at radius 1 is 1.00 bits per heavy atom. The van der Waals surface area contributed by atoms with E-state index in [1.54, 1.807) is 13.8 Å². The van der Waals surface area contributed by atoms with Crippen molar-refractivity contribution in [3.05, 3.63) is 35.9 Å². The fraction of sp³-hybridized carbons (Fsp3) is 0.571. The molecule has 1 rings (SSSR count). The van der Waals surface area contributed by atoms with Crippen LogP contribution in [0.4, 0.5) is 0 Å². The van der Waals surface area contributed by atoms with Crippen LogP contribution in [0.2, 0.25) is 0 Å². The van der Waals surface area contributed by atoms with E-state index >= 15 is 0 Å². The maximum atomic E-state index is 12.7. The monoisotopic (exact) mass is 407 g/mol. The van der Waals surface area contributed by atoms with Gasteiger partial charge in [-0.25, -0.2) is 5.48 Å². The molecule has 3 atom stereocenters. The lowest BCUT2D eigenvalue weighted by atomic mass is 9.97. The summed E-state index contributed by atoms with van der Waals surface area (Å²) in [6.45, 7) is 8.79. The van der Waals surface area contributed by atoms with Crippen LogP contribution in [-0.2, 0) is 25.8 Å². The minimum Gasteiger partial charge on any atom is -0.390 e. The summed E-state index contributed by atoms with van der Waals surface area (Å²) in [4.78, 5) is 41.9. The third-order valence-corrected chi connectivity index (χ3v) is 4.26. The van der Waals surface area contributed by atoms with Crippen molar-refractivity contribution in [3.8, 4) is 0 Å². The van der Waals surface area contributed by atoms with Crippen molar-refractivity contribution >= 4 is 17.7 Å². The van der Waals surface area contributed by atoms with Gasteiger partial charge in [-0.2, -0.15) is 0 Å². The van der Waals surface area contributed by atoms with Crippen LogP contribution in [-0.4, -0.2) is 41.0 Å². The van der Waals surface area contributed by atoms with Gasteiger partial charge in [-0.3, -0.25) is 19.2 Å². The summed E-state index contributed by atoms with van der Waals surface area (Å²) in [6, 6.07) is 7.24. The molecule has 0 aromatic heterocycles. The van der Waals surface area contributed by atoms with E-state index in [4.69, 9.17) is 4.84 Å². The minimum atomic E-state index is -1.22. The molecule has 0 aliphatic heterocycles. The summed E-state index contributed by atoms with van der Waals surface area (Å²) >= 11 is 0. The van der Waals surface area contributed by atoms with Gasteiger partial charge in [0, 0.05) is 6.92 Å². The summed E-state index contributed by atoms with van der Waals surface area (Å²) in [5, 5.41) is 15.6. The van der Waals surface area contributed by atoms with Gasteiger partial charge in [0.05, 0.1) is 12.7 Å². The molecule has 0 aliphatic rings. The Balaban J connectivity index is 2.80. The summed E-state index contributed by atoms with van der Waals surface area (Å²) in [5.74, 6) is -1.68. The second kappa shape index (κ2) is 12.2. The van der Waals surface area contributed by atoms with Crippen LogP contribution < -0.4 is 16.1 Å². The zero-order chi connectivity index (χ0) is 22.0. The molecule has 8 heteroatoms. The number of carbonyl (C=O) groups excluding carboxylic acids is 3. The van der Waals surface area contributed by atoms with Crippen LogP contribution in [0.1, 0.15) is 46.6 Å². The molecule has 4 N–H and O–H groups in total. The second-order valence-corrected chi connectivity index (χ2v) is 7.84. The van der Waals surface area contributed by atoms with Gasteiger partial charge in [-0.1, -0.05) is 58.0 Å². The Morgan fingerprint density at radius 3 is 2.14 bits per heavy atom. The number of amides is 3. The first-order valence-electron chi connectivity index (χ1n) is 9.82. The van der Waals surface area contributed by atoms with Crippen molar-refractivity contribution < 1.29 is 24.3 Å². The Labute approximate surface area is 172 Å². The van der Waals surface area contributed by atoms with E-state index in [1.165, 1.54) is 6.92 Å². The van der Waals surface area contributed by atoms with Crippen LogP contribution >= 0.6 is 0 Å². The predicted molar refractivity (Wildman–Crippen MR) is 109 cm³/mol. The highest BCUT2D eigenvalue weighted by molar-refractivity contribution is 5.91. The molecule has 3 amide bonds. The van der Waals surface area contributed by atoms with Crippen LogP contribution in [0.3, 0.4) is 0 Å². The topological polar surface area (TPSA) is 117 Å². The number of nitrogens with one attached hydrogen (secondary N) is 3. The Hall–Kier alpha value is -2.45. The van der Waals surface area contributed by atoms with Crippen LogP contribution in [0.25, 0.3) is 0 Å². The molecule has 162 valence electrons. The molecule has 0 fully saturated rings. The van der Waals surface area contributed by atoms with Gasteiger partial charge in [-0.15, -0.1) is 0 Å². The number of carbonyl (C=O) groups is 3. The zero-order valence-corrected chi connectivity index (χ0v) is 17.8. The van der Waals surface area contributed by atoms with Crippen LogP contribution in [0.5, 0.6) is 0 Å². The summed E-state index contributed by atoms with van der Waals surface area (Å²) < 4.78 is 0. The third-order valence-electron chi connectivity index (χ3n) is 4.26. The normalized spacial score (nSPS) is 14.2. The maximum absolute atomic E-state index is 12.7. The van der Waals surface area contributed by atoms with Gasteiger partial charge in [0.15, 0.2) is 0 Å². The SMILES string of the molecule is CC(=O)N[C@H](CC(C)C)C(=O)N[C@H](C(=O)NOCc1ccccc1)[C@@H](O)C(C)C. The average molecular weight is 408 g/mol. The first-order valence-corrected chi connectivity index (χ1v) is 9.82. The van der Waals surface area contributed by atoms with Crippen molar-refractivity contribution in [3.63, 3.8) is 0 Å². The van der Waals surface area contributed by atoms with E-state index in [1.807, 2.05) is 44.2 Å². The summed E-state index contributed by atoms with van der Waals surface area (Å²) in [6.07, 6.45) is -0.724. The molecule has 0 spiro atoms. The molecule has 0 radical (unpaired) electrons. The molecule has 0 heterocycles. The fourth-order valence-corrected chi connectivity index (χ4v) is 2.72. The zero-order valence-electron chi connectivity index (χ0n) is 17.8. The molecule has 0 bridgehead atoms. The highest BCUT2D eigenvalue weighted by Crippen LogP contribution is 2.10. The average Bonchev–Trinajstić information content (AvgIpc) is 2.64. The number of aliphatic hydroxyl groups excluding tert-OH is 1. The minimum absolute atomic E-state index is 0.146. The highest BCUT2D eigenvalue weighted by Gasteiger charge is 2.33. The lowest BCUT2D eigenvalue weighted by molar-refractivity contribution is -0.143. The van der Waals surface area contributed by atoms with Crippen molar-refractivity contribution in [2.75, 3.05) is 0 Å². The molecule has 1 aromatic carbocycles. The number of hydrogen-bond acceptors (Lipinski definition) is 5. The highest BCUT2D eigenvalue weighted by atomic mass is 16.7. The number of hydroxylamine groups is 1. The molecular weight excluding hydrogens is 374 g/mol. The molecule has 0 saturated heterocycles. The Morgan fingerprint density at radius 2 is 1.62 bits per heavy atom. The Kier molecular flexibility index (Phi) is 10.3. The fourth-order valence-electron chi connectivity index (χ4n) is 2.72. The van der Waals surface area contributed by atoms with E-state index in [-0.39, 0.29) is 24.3 Å². The van der Waals surface area contributed by atoms with Crippen LogP contribution in [0, 0.1) is 11.8 Å². The lowest BCUT2D eigenvalue weighted by Gasteiger charge is -2.28. The molecule has 0 unspecified atom stereocenters. The quantitative estimate of drug-likeness (QED) is 0.413. The summed E-state index contributed by atoms with van der Waals surface area (Å²) in [7, 11) is 0. The van der Waals surface area contributed by atoms with Gasteiger partial charge >= 0.3 is 0 Å². The number of hydrogen-bond donors (Lipinski definition) is 4. The number of benzene rings is 1. The second-order valence-electron chi connectivity index (χ2n) is 7.84. The van der Waals surface area contributed by atoms with Crippen molar-refractivity contribution in [2.24, 2.45) is 11.8 Å². The largest absolute Gasteiger partial charge is 0.390 e. The lowest BCUT2D eigenvalue weighted by Crippen LogP contribution is -2.58. The van der Waals surface area contributed by atoms with Crippen molar-refractivity contribution in [2.45, 2.75) is 65.8 Å². The van der Waals surface area contributed by atoms with Gasteiger partial charge in [0.1, 0.15) is 12.1 Å². The number of aliphatic hydroxyl groups is 1. The van der Waals surface area contributed by atoms with Gasteiger partial charge in [0.25, 0.3) is 5.91 Å². The first-order chi connectivity index (χ1) is 13.6. The molecule has 1 aromatic rings. The van der Waals surface area contributed by atoms with Crippen molar-refractivity contribution in [1.82, 2.24) is 16.1 Å². The van der Waals surface area contributed by atoms with E-state index in [2.05, 4.69) is 16.1 Å². The van der Waals surface area contributed by atoms with E-state index < -0.39 is 30.0 Å². The number of rotatable bonds is 11. The first kappa shape index (κ1) is 24.6. The summed E-state index contributed by atoms with van der Waals surface area (Å²) in [5.41, 5.74) is 3.15. The smallest absolute Gasteiger partial charge is 0.268 e. The van der Waals surface area contributed by atoms with Gasteiger partial charge in [0.2, 0.25) is 11.8 Å². The van der Waals surface area contributed by atoms with E-state index in [0.717, 1.165) is 5.56 Å². The molecule has 8 nitrogen and oxygen atoms in total. The standard InChI is InChI=1S/C21H33N3O5/c1-13(2)11-17(22-15(5)25)20(27)23-18(19(26)14(3)4)21(28)24-29-12-16-9-7-6-8-10-16/h6-10,13-14,17-19,26H,11-12H2,1-5H3,(H,22,25)(H,23,27)(H,24,28)/t17-,18+,19+/m1/s1. The Bertz CT molecular complexity index is 664. The van der Waals surface area contributed by atoms with E-state index in [0.29, 0.717) is 6.42 Å². The molecular formula is C21H33N3O5. The molecule has 0 aliphatic carbocycles. The third kappa shape index (κ3) is 9.06.